The topological polar surface area (TPSA) is 122 Å². The molecule has 0 unspecified atom stereocenters. The molecule has 0 atom stereocenters. The summed E-state index contributed by atoms with van der Waals surface area (Å²) in [5.74, 6) is -0.894. The molecule has 0 saturated carbocycles. The van der Waals surface area contributed by atoms with E-state index in [1.807, 2.05) is 30.3 Å². The predicted molar refractivity (Wildman–Crippen MR) is 138 cm³/mol. The molecule has 0 amide bonds. The van der Waals surface area contributed by atoms with Gasteiger partial charge in [0.1, 0.15) is 16.2 Å². The number of Topliss-reactive ketones (excluding diaryl/α,β-unsaturated/α-hetero) is 1. The van der Waals surface area contributed by atoms with Gasteiger partial charge in [-0.3, -0.25) is 28.1 Å². The highest BCUT2D eigenvalue weighted by Gasteiger charge is 2.25. The first-order valence-corrected chi connectivity index (χ1v) is 12.9. The van der Waals surface area contributed by atoms with Crippen molar-refractivity contribution in [3.63, 3.8) is 0 Å². The zero-order valence-corrected chi connectivity index (χ0v) is 20.9. The van der Waals surface area contributed by atoms with Gasteiger partial charge in [0, 0.05) is 19.0 Å². The summed E-state index contributed by atoms with van der Waals surface area (Å²) in [6.07, 6.45) is 3.95. The van der Waals surface area contributed by atoms with E-state index in [2.05, 4.69) is 0 Å². The molecule has 0 radical (unpaired) electrons. The number of aryl methyl sites for hydroxylation is 2. The lowest BCUT2D eigenvalue weighted by Crippen LogP contribution is -2.41. The summed E-state index contributed by atoms with van der Waals surface area (Å²) in [4.78, 5) is 58.2. The van der Waals surface area contributed by atoms with Crippen LogP contribution in [0.5, 0.6) is 0 Å². The number of para-hydroxylation sites is 1. The average molecular weight is 510 g/mol. The van der Waals surface area contributed by atoms with Gasteiger partial charge in [-0.1, -0.05) is 30.0 Å². The second-order valence-electron chi connectivity index (χ2n) is 8.44. The molecular weight excluding hydrogens is 486 g/mol. The molecule has 1 aliphatic rings. The Morgan fingerprint density at radius 1 is 1.06 bits per heavy atom. The van der Waals surface area contributed by atoms with E-state index >= 15 is 0 Å². The van der Waals surface area contributed by atoms with Crippen molar-refractivity contribution in [3.05, 3.63) is 77.5 Å². The van der Waals surface area contributed by atoms with E-state index in [0.717, 1.165) is 52.1 Å². The van der Waals surface area contributed by atoms with Gasteiger partial charge in [-0.25, -0.2) is 9.78 Å². The van der Waals surface area contributed by atoms with Crippen LogP contribution in [0.3, 0.4) is 0 Å². The summed E-state index contributed by atoms with van der Waals surface area (Å²) in [5.41, 5.74) is 5.93. The lowest BCUT2D eigenvalue weighted by molar-refractivity contribution is 0.102. The van der Waals surface area contributed by atoms with Gasteiger partial charge in [0.25, 0.3) is 11.1 Å². The molecule has 2 N–H and O–H groups in total. The maximum atomic E-state index is 13.8. The van der Waals surface area contributed by atoms with Crippen LogP contribution < -0.4 is 22.5 Å². The van der Waals surface area contributed by atoms with Gasteiger partial charge >= 0.3 is 5.69 Å². The molecule has 9 nitrogen and oxygen atoms in total. The Hall–Kier alpha value is -3.44. The number of thioether (sulfide) groups is 1. The van der Waals surface area contributed by atoms with Gasteiger partial charge in [0.15, 0.2) is 10.9 Å². The summed E-state index contributed by atoms with van der Waals surface area (Å²) >= 11 is 2.61. The van der Waals surface area contributed by atoms with Gasteiger partial charge in [0.2, 0.25) is 0 Å². The number of benzene rings is 1. The smallest absolute Gasteiger partial charge is 0.332 e. The Bertz CT molecular complexity index is 1660. The fourth-order valence-corrected chi connectivity index (χ4v) is 6.60. The molecule has 0 spiro atoms. The quantitative estimate of drug-likeness (QED) is 0.249. The van der Waals surface area contributed by atoms with Gasteiger partial charge in [0.05, 0.1) is 16.8 Å². The minimum absolute atomic E-state index is 0.159. The van der Waals surface area contributed by atoms with Crippen LogP contribution in [0, 0.1) is 0 Å². The summed E-state index contributed by atoms with van der Waals surface area (Å²) in [6, 6.07) is 9.18. The Balaban J connectivity index is 1.61. The summed E-state index contributed by atoms with van der Waals surface area (Å²) in [7, 11) is 2.71. The lowest BCUT2D eigenvalue weighted by atomic mass is 9.97. The number of thiophene rings is 1. The first-order chi connectivity index (χ1) is 16.8. The predicted octanol–water partition coefficient (Wildman–Crippen LogP) is 2.28. The molecule has 0 bridgehead atoms. The van der Waals surface area contributed by atoms with Crippen LogP contribution in [0.15, 0.2) is 49.9 Å². The number of nitrogens with two attached hydrogens (primary N) is 1. The number of carbonyl (C=O) groups excluding carboxylic acids is 1. The van der Waals surface area contributed by atoms with Crippen LogP contribution in [0.4, 0.5) is 5.82 Å². The van der Waals surface area contributed by atoms with E-state index in [1.54, 1.807) is 0 Å². The highest BCUT2D eigenvalue weighted by molar-refractivity contribution is 7.99. The van der Waals surface area contributed by atoms with Crippen LogP contribution >= 0.6 is 23.1 Å². The Kier molecular flexibility index (Phi) is 5.97. The van der Waals surface area contributed by atoms with E-state index in [9.17, 15) is 19.2 Å². The lowest BCUT2D eigenvalue weighted by Gasteiger charge is -2.14. The zero-order chi connectivity index (χ0) is 24.9. The molecule has 5 rings (SSSR count). The number of aromatic nitrogens is 4. The van der Waals surface area contributed by atoms with E-state index in [-0.39, 0.29) is 22.7 Å². The number of anilines is 1. The third-order valence-electron chi connectivity index (χ3n) is 6.29. The second-order valence-corrected chi connectivity index (χ2v) is 10.5. The van der Waals surface area contributed by atoms with E-state index in [0.29, 0.717) is 21.1 Å². The minimum Gasteiger partial charge on any atom is -0.384 e. The van der Waals surface area contributed by atoms with Crippen LogP contribution in [0.2, 0.25) is 0 Å². The van der Waals surface area contributed by atoms with Crippen molar-refractivity contribution in [1.82, 2.24) is 18.7 Å². The van der Waals surface area contributed by atoms with Gasteiger partial charge in [-0.15, -0.1) is 11.3 Å². The van der Waals surface area contributed by atoms with Crippen molar-refractivity contribution in [2.24, 2.45) is 14.1 Å². The molecule has 3 aromatic heterocycles. The largest absolute Gasteiger partial charge is 0.384 e. The Morgan fingerprint density at radius 2 is 1.77 bits per heavy atom. The average Bonchev–Trinajstić information content (AvgIpc) is 3.24. The van der Waals surface area contributed by atoms with Crippen molar-refractivity contribution < 1.29 is 4.79 Å². The van der Waals surface area contributed by atoms with Crippen molar-refractivity contribution in [2.75, 3.05) is 11.5 Å². The third-order valence-corrected chi connectivity index (χ3v) is 8.42. The Labute approximate surface area is 207 Å². The molecule has 3 heterocycles. The number of hydrogen-bond donors (Lipinski definition) is 1. The first kappa shape index (κ1) is 23.3. The molecule has 35 heavy (non-hydrogen) atoms. The molecule has 180 valence electrons. The number of nitrogens with zero attached hydrogens (tertiary/aromatic N) is 4. The molecular formula is C24H23N5O4S2. The van der Waals surface area contributed by atoms with Crippen molar-refractivity contribution in [2.45, 2.75) is 30.8 Å². The first-order valence-electron chi connectivity index (χ1n) is 11.1. The fraction of sp³-hybridized carbons (Fsp3) is 0.292. The number of nitrogen functional groups attached to an aromatic ring is 1. The van der Waals surface area contributed by atoms with Gasteiger partial charge in [-0.2, -0.15) is 0 Å². The standard InChI is InChI=1S/C24H23N5O4S2/c1-27-19(25)18(21(31)28(2)24(27)33)15(30)12-34-23-26-20-17(14-10-6-7-11-16(14)35-20)22(32)29(23)13-8-4-3-5-9-13/h3-5,8-9H,6-7,10-12,25H2,1-2H3. The van der Waals surface area contributed by atoms with E-state index < -0.39 is 17.0 Å². The fourth-order valence-electron chi connectivity index (χ4n) is 4.41. The SMILES string of the molecule is Cn1c(N)c(C(=O)CSc2nc3sc4c(c3c(=O)n2-c2ccccc2)CCCC4)c(=O)n(C)c1=O. The highest BCUT2D eigenvalue weighted by Crippen LogP contribution is 2.35. The van der Waals surface area contributed by atoms with Crippen LogP contribution in [-0.2, 0) is 26.9 Å². The van der Waals surface area contributed by atoms with Crippen molar-refractivity contribution in [3.8, 4) is 5.69 Å². The highest BCUT2D eigenvalue weighted by atomic mass is 32.2. The number of ketones is 1. The number of rotatable bonds is 5. The maximum Gasteiger partial charge on any atom is 0.332 e. The maximum absolute atomic E-state index is 13.8. The normalized spacial score (nSPS) is 13.2. The molecule has 1 aromatic carbocycles. The van der Waals surface area contributed by atoms with Crippen LogP contribution in [0.1, 0.15) is 33.6 Å². The second kappa shape index (κ2) is 8.97. The summed E-state index contributed by atoms with van der Waals surface area (Å²) in [6.45, 7) is 0. The number of carbonyl (C=O) groups is 1. The molecule has 11 heteroatoms. The van der Waals surface area contributed by atoms with Gasteiger partial charge in [-0.05, 0) is 43.4 Å². The minimum atomic E-state index is -0.744. The summed E-state index contributed by atoms with van der Waals surface area (Å²) in [5, 5.41) is 1.02. The van der Waals surface area contributed by atoms with E-state index in [4.69, 9.17) is 10.7 Å². The van der Waals surface area contributed by atoms with Crippen molar-refractivity contribution in [1.29, 1.82) is 0 Å². The van der Waals surface area contributed by atoms with Gasteiger partial charge < -0.3 is 5.73 Å². The molecule has 0 fully saturated rings. The molecule has 0 saturated heterocycles. The summed E-state index contributed by atoms with van der Waals surface area (Å²) < 4.78 is 3.46. The number of fused-ring (bicyclic) bond motifs is 3. The van der Waals surface area contributed by atoms with Crippen LogP contribution in [0.25, 0.3) is 15.9 Å². The molecule has 1 aliphatic carbocycles. The number of hydrogen-bond acceptors (Lipinski definition) is 8. The van der Waals surface area contributed by atoms with E-state index in [1.165, 1.54) is 34.9 Å². The monoisotopic (exact) mass is 509 g/mol. The van der Waals surface area contributed by atoms with Crippen molar-refractivity contribution >= 4 is 44.9 Å². The van der Waals surface area contributed by atoms with Crippen LogP contribution in [-0.4, -0.2) is 30.2 Å². The third kappa shape index (κ3) is 3.84. The Morgan fingerprint density at radius 3 is 2.51 bits per heavy atom. The molecule has 0 aliphatic heterocycles. The molecule has 4 aromatic rings. The zero-order valence-electron chi connectivity index (χ0n) is 19.2.